The summed E-state index contributed by atoms with van der Waals surface area (Å²) in [5, 5.41) is 17.3. The smallest absolute Gasteiger partial charge is 0.178 e. The van der Waals surface area contributed by atoms with E-state index >= 15 is 0 Å². The van der Waals surface area contributed by atoms with Gasteiger partial charge in [0.15, 0.2) is 23.3 Å². The summed E-state index contributed by atoms with van der Waals surface area (Å²) in [4.78, 5) is 3.60. The number of nitrogens with two attached hydrogens (primary N) is 10. The molecule has 0 atom stereocenters. The number of anilines is 10. The van der Waals surface area contributed by atoms with Crippen LogP contribution in [-0.2, 0) is 0 Å². The van der Waals surface area contributed by atoms with Crippen molar-refractivity contribution in [1.82, 2.24) is 4.98 Å². The fraction of sp³-hybridized carbons (Fsp3) is 0.0317. The van der Waals surface area contributed by atoms with Crippen molar-refractivity contribution in [2.45, 2.75) is 13.8 Å². The minimum absolute atomic E-state index is 0.0130. The zero-order chi connectivity index (χ0) is 67.3. The molecule has 0 saturated heterocycles. The highest BCUT2D eigenvalue weighted by Crippen LogP contribution is 2.22. The molecule has 26 heteroatoms. The van der Waals surface area contributed by atoms with Crippen LogP contribution in [0.25, 0.3) is 0 Å². The molecule has 466 valence electrons. The number of halogens is 13. The van der Waals surface area contributed by atoms with Crippen molar-refractivity contribution in [3.8, 4) is 12.1 Å². The topological polar surface area (TPSA) is 321 Å². The molecular formula is C63H58Br4Cl2F7N13. The Morgan fingerprint density at radius 3 is 1.20 bits per heavy atom. The summed E-state index contributed by atoms with van der Waals surface area (Å²) in [6, 6.07) is 53.6. The van der Waals surface area contributed by atoms with Crippen LogP contribution in [0.5, 0.6) is 0 Å². The van der Waals surface area contributed by atoms with E-state index in [0.717, 1.165) is 15.8 Å². The van der Waals surface area contributed by atoms with Gasteiger partial charge in [-0.3, -0.25) is 0 Å². The van der Waals surface area contributed by atoms with Gasteiger partial charge in [-0.05, 0) is 218 Å². The van der Waals surface area contributed by atoms with Crippen LogP contribution in [-0.4, -0.2) is 4.98 Å². The predicted octanol–water partition coefficient (Wildman–Crippen LogP) is 17.8. The lowest BCUT2D eigenvalue weighted by atomic mass is 10.2. The molecule has 1 aromatic heterocycles. The molecule has 10 aromatic rings. The highest BCUT2D eigenvalue weighted by atomic mass is 79.9. The van der Waals surface area contributed by atoms with Gasteiger partial charge in [-0.15, -0.1) is 0 Å². The molecule has 0 aliphatic carbocycles. The average Bonchev–Trinajstić information content (AvgIpc) is 3.50. The van der Waals surface area contributed by atoms with Crippen molar-refractivity contribution < 1.29 is 30.7 Å². The second-order valence-electron chi connectivity index (χ2n) is 17.2. The average molecular weight is 1520 g/mol. The molecule has 10 rings (SSSR count). The zero-order valence-corrected chi connectivity index (χ0v) is 54.9. The third-order valence-electron chi connectivity index (χ3n) is 9.96. The van der Waals surface area contributed by atoms with Crippen molar-refractivity contribution in [3.05, 3.63) is 285 Å². The number of aromatic nitrogens is 1. The zero-order valence-electron chi connectivity index (χ0n) is 47.0. The van der Waals surface area contributed by atoms with Crippen molar-refractivity contribution in [2.24, 2.45) is 0 Å². The first-order chi connectivity index (χ1) is 41.9. The lowest BCUT2D eigenvalue weighted by molar-refractivity contribution is 0.618. The Hall–Kier alpha value is -8.88. The highest BCUT2D eigenvalue weighted by Gasteiger charge is 2.04. The van der Waals surface area contributed by atoms with E-state index in [2.05, 4.69) is 68.7 Å². The van der Waals surface area contributed by atoms with Crippen LogP contribution < -0.4 is 57.3 Å². The normalized spacial score (nSPS) is 9.27. The minimum Gasteiger partial charge on any atom is -0.399 e. The Morgan fingerprint density at radius 1 is 0.382 bits per heavy atom. The molecule has 0 aliphatic heterocycles. The number of hydrogen-bond acceptors (Lipinski definition) is 13. The Kier molecular flexibility index (Phi) is 36.9. The SMILES string of the molecule is Cc1cc(N)ccc1F.Cc1cccc(N)c1.N#Cc1cc(N)ccc1F.N#Cc1cccc(N)c1F.Nc1ccc(F)c(Br)c1.Nc1cccc(Br)c1.Nc1cccc(Br)c1F.Nc1cccc(Cl)c1.Nc1cccc(Cl)c1F.Nc1ccnc(Br)c1F. The van der Waals surface area contributed by atoms with Crippen molar-refractivity contribution in [2.75, 3.05) is 57.3 Å². The van der Waals surface area contributed by atoms with E-state index in [4.69, 9.17) is 91.1 Å². The van der Waals surface area contributed by atoms with E-state index < -0.39 is 29.1 Å². The predicted molar refractivity (Wildman–Crippen MR) is 366 cm³/mol. The van der Waals surface area contributed by atoms with E-state index in [-0.39, 0.29) is 55.1 Å². The van der Waals surface area contributed by atoms with E-state index in [9.17, 15) is 30.7 Å². The number of nitrogens with zero attached hydrogens (tertiary/aromatic N) is 3. The van der Waals surface area contributed by atoms with Crippen LogP contribution in [0.15, 0.2) is 212 Å². The van der Waals surface area contributed by atoms with Gasteiger partial charge < -0.3 is 57.3 Å². The number of hydrogen-bond donors (Lipinski definition) is 10. The van der Waals surface area contributed by atoms with Crippen molar-refractivity contribution >= 4 is 144 Å². The van der Waals surface area contributed by atoms with Crippen LogP contribution in [0.3, 0.4) is 0 Å². The molecule has 0 bridgehead atoms. The summed E-state index contributed by atoms with van der Waals surface area (Å²) < 4.78 is 89.5. The number of benzene rings is 9. The fourth-order valence-corrected chi connectivity index (χ4v) is 7.52. The monoisotopic (exact) mass is 1520 g/mol. The Bertz CT molecular complexity index is 3530. The lowest BCUT2D eigenvalue weighted by Crippen LogP contribution is -1.92. The number of rotatable bonds is 0. The Balaban J connectivity index is 0.000000495. The molecule has 0 radical (unpaired) electrons. The summed E-state index contributed by atoms with van der Waals surface area (Å²) >= 11 is 23.1. The van der Waals surface area contributed by atoms with Crippen LogP contribution >= 0.6 is 86.9 Å². The second-order valence-corrected chi connectivity index (χ2v) is 21.4. The van der Waals surface area contributed by atoms with Gasteiger partial charge in [-0.1, -0.05) is 81.6 Å². The van der Waals surface area contributed by atoms with Crippen molar-refractivity contribution in [3.63, 3.8) is 0 Å². The largest absolute Gasteiger partial charge is 0.399 e. The summed E-state index contributed by atoms with van der Waals surface area (Å²) in [5.41, 5.74) is 59.0. The van der Waals surface area contributed by atoms with E-state index in [1.54, 1.807) is 67.6 Å². The van der Waals surface area contributed by atoms with Gasteiger partial charge >= 0.3 is 0 Å². The fourth-order valence-electron chi connectivity index (χ4n) is 5.60. The number of aryl methyl sites for hydroxylation is 2. The van der Waals surface area contributed by atoms with Crippen LogP contribution in [0.2, 0.25) is 10.0 Å². The highest BCUT2D eigenvalue weighted by molar-refractivity contribution is 9.11. The van der Waals surface area contributed by atoms with E-state index in [0.29, 0.717) is 42.3 Å². The molecule has 9 aromatic carbocycles. The van der Waals surface area contributed by atoms with Gasteiger partial charge in [0.05, 0.1) is 47.8 Å². The summed E-state index contributed by atoms with van der Waals surface area (Å²) in [5.74, 6) is -3.09. The molecule has 1 heterocycles. The molecule has 0 amide bonds. The number of nitriles is 2. The molecule has 0 fully saturated rings. The quantitative estimate of drug-likeness (QED) is 0.0384. The van der Waals surface area contributed by atoms with Crippen LogP contribution in [0, 0.1) is 77.2 Å². The van der Waals surface area contributed by atoms with Crippen LogP contribution in [0.4, 0.5) is 87.6 Å². The minimum atomic E-state index is -0.634. The first-order valence-corrected chi connectivity index (χ1v) is 28.7. The van der Waals surface area contributed by atoms with E-state index in [1.165, 1.54) is 96.7 Å². The van der Waals surface area contributed by atoms with E-state index in [1.807, 2.05) is 61.5 Å². The van der Waals surface area contributed by atoms with Gasteiger partial charge in [0.2, 0.25) is 0 Å². The van der Waals surface area contributed by atoms with Gasteiger partial charge in [0.1, 0.15) is 34.2 Å². The number of nitrogen functional groups attached to an aromatic ring is 10. The summed E-state index contributed by atoms with van der Waals surface area (Å²) in [6.07, 6.45) is 1.43. The third kappa shape index (κ3) is 32.6. The maximum absolute atomic E-state index is 12.7. The Morgan fingerprint density at radius 2 is 0.831 bits per heavy atom. The van der Waals surface area contributed by atoms with Gasteiger partial charge in [0.25, 0.3) is 0 Å². The molecule has 13 nitrogen and oxygen atoms in total. The molecule has 0 aliphatic rings. The summed E-state index contributed by atoms with van der Waals surface area (Å²) in [7, 11) is 0. The number of pyridine rings is 1. The Labute approximate surface area is 554 Å². The van der Waals surface area contributed by atoms with Crippen LogP contribution in [0.1, 0.15) is 22.3 Å². The molecule has 0 unspecified atom stereocenters. The summed E-state index contributed by atoms with van der Waals surface area (Å²) in [6.45, 7) is 3.71. The van der Waals surface area contributed by atoms with Gasteiger partial charge in [-0.25, -0.2) is 35.7 Å². The first kappa shape index (κ1) is 78.1. The molecule has 0 spiro atoms. The first-order valence-electron chi connectivity index (χ1n) is 24.8. The maximum Gasteiger partial charge on any atom is 0.178 e. The second kappa shape index (κ2) is 42.1. The lowest BCUT2D eigenvalue weighted by Gasteiger charge is -1.95. The molecule has 20 N–H and O–H groups in total. The molecule has 0 saturated carbocycles. The maximum atomic E-state index is 12.7. The van der Waals surface area contributed by atoms with Gasteiger partial charge in [0, 0.05) is 49.8 Å². The molecule has 89 heavy (non-hydrogen) atoms. The van der Waals surface area contributed by atoms with Crippen molar-refractivity contribution in [1.29, 1.82) is 10.5 Å². The molecular weight excluding hydrogens is 1460 g/mol. The standard InChI is InChI=1S/2C7H5FN2.C7H8FN.C7H9N.2C6H5BrFN.C6H6BrN.C6H5ClFN.C6H6ClN.C5H4BrFN2/c8-7-2-1-6(10)3-5(7)4-9;8-7-5(4-9)2-1-3-6(7)10;1-5-4-6(9)2-3-7(5)8;1-6-3-2-4-7(8)5-6;7-5-3-4(9)1-2-6(5)8;7-4-2-1-3-5(9)6(4)8;7-5-2-1-3-6(8)4-5;7-4-2-1-3-5(9)6(4)8;7-5-2-1-3-6(8)4-5;6-5-4(7)3(8)1-2-9-5/h2*1-3H,10H2;2-4H,9H2,1H3;2-5H,8H2,1H3;2*1-3H,9H2;1-4H,8H2;1-3H,9H2;1-4H,8H2;1-2H,(H2,8,9). The third-order valence-corrected chi connectivity index (χ3v) is 12.8. The van der Waals surface area contributed by atoms with Gasteiger partial charge in [-0.2, -0.15) is 10.5 Å².